The number of nitrogens with one attached hydrogen (secondary N) is 2. The van der Waals surface area contributed by atoms with Gasteiger partial charge in [-0.3, -0.25) is 10.1 Å². The first kappa shape index (κ1) is 20.7. The molecule has 1 saturated heterocycles. The van der Waals surface area contributed by atoms with Crippen LogP contribution >= 0.6 is 0 Å². The first-order valence-electron chi connectivity index (χ1n) is 9.95. The van der Waals surface area contributed by atoms with Crippen molar-refractivity contribution in [1.82, 2.24) is 5.32 Å². The SMILES string of the molecule is COC(=O)c1cccc(NC(=NC[C@@H]2CCCO2)NC(=O)c2ccc3c(c2)OCO3)c1. The van der Waals surface area contributed by atoms with Crippen molar-refractivity contribution < 1.29 is 28.5 Å². The van der Waals surface area contributed by atoms with Gasteiger partial charge in [-0.15, -0.1) is 0 Å². The van der Waals surface area contributed by atoms with Crippen molar-refractivity contribution in [3.8, 4) is 11.5 Å². The van der Waals surface area contributed by atoms with Crippen molar-refractivity contribution in [3.63, 3.8) is 0 Å². The lowest BCUT2D eigenvalue weighted by atomic mass is 10.2. The second kappa shape index (κ2) is 9.48. The fourth-order valence-corrected chi connectivity index (χ4v) is 3.29. The molecule has 1 amide bonds. The zero-order valence-corrected chi connectivity index (χ0v) is 17.1. The third-order valence-electron chi connectivity index (χ3n) is 4.89. The summed E-state index contributed by atoms with van der Waals surface area (Å²) in [5.41, 5.74) is 1.37. The number of rotatable bonds is 5. The number of aliphatic imine (C=N–C) groups is 1. The molecule has 0 bridgehead atoms. The van der Waals surface area contributed by atoms with Crippen LogP contribution in [0.15, 0.2) is 47.5 Å². The summed E-state index contributed by atoms with van der Waals surface area (Å²) in [6.07, 6.45) is 1.93. The Bertz CT molecular complexity index is 1000. The number of anilines is 1. The number of hydrogen-bond acceptors (Lipinski definition) is 7. The molecule has 2 aromatic carbocycles. The minimum absolute atomic E-state index is 0.0145. The summed E-state index contributed by atoms with van der Waals surface area (Å²) in [5.74, 6) is 0.554. The number of fused-ring (bicyclic) bond motifs is 1. The van der Waals surface area contributed by atoms with E-state index in [1.54, 1.807) is 42.5 Å². The summed E-state index contributed by atoms with van der Waals surface area (Å²) >= 11 is 0. The number of hydrogen-bond donors (Lipinski definition) is 2. The number of amides is 1. The highest BCUT2D eigenvalue weighted by molar-refractivity contribution is 6.10. The highest BCUT2D eigenvalue weighted by Crippen LogP contribution is 2.32. The van der Waals surface area contributed by atoms with Gasteiger partial charge in [0.25, 0.3) is 5.91 Å². The Balaban J connectivity index is 1.52. The van der Waals surface area contributed by atoms with Crippen molar-refractivity contribution >= 4 is 23.5 Å². The van der Waals surface area contributed by atoms with Crippen LogP contribution in [0, 0.1) is 0 Å². The number of ether oxygens (including phenoxy) is 4. The molecule has 9 heteroatoms. The van der Waals surface area contributed by atoms with Gasteiger partial charge in [0.1, 0.15) is 0 Å². The van der Waals surface area contributed by atoms with Gasteiger partial charge in [0, 0.05) is 17.9 Å². The maximum absolute atomic E-state index is 12.8. The lowest BCUT2D eigenvalue weighted by Gasteiger charge is -2.14. The van der Waals surface area contributed by atoms with Gasteiger partial charge in [0.2, 0.25) is 12.8 Å². The topological polar surface area (TPSA) is 107 Å². The molecule has 2 N–H and O–H groups in total. The molecule has 4 rings (SSSR count). The quantitative estimate of drug-likeness (QED) is 0.431. The summed E-state index contributed by atoms with van der Waals surface area (Å²) in [6, 6.07) is 11.7. The van der Waals surface area contributed by atoms with Gasteiger partial charge in [0.05, 0.1) is 25.3 Å². The molecule has 0 spiro atoms. The van der Waals surface area contributed by atoms with Crippen molar-refractivity contribution in [2.45, 2.75) is 18.9 Å². The zero-order valence-electron chi connectivity index (χ0n) is 17.1. The fourth-order valence-electron chi connectivity index (χ4n) is 3.29. The number of carbonyl (C=O) groups excluding carboxylic acids is 2. The zero-order chi connectivity index (χ0) is 21.6. The Kier molecular flexibility index (Phi) is 6.32. The number of esters is 1. The number of carbonyl (C=O) groups is 2. The molecule has 0 radical (unpaired) electrons. The van der Waals surface area contributed by atoms with E-state index in [2.05, 4.69) is 15.6 Å². The Labute approximate surface area is 179 Å². The van der Waals surface area contributed by atoms with E-state index < -0.39 is 5.97 Å². The van der Waals surface area contributed by atoms with Crippen molar-refractivity contribution in [1.29, 1.82) is 0 Å². The van der Waals surface area contributed by atoms with Crippen LogP contribution in [0.4, 0.5) is 5.69 Å². The van der Waals surface area contributed by atoms with Crippen LogP contribution in [0.5, 0.6) is 11.5 Å². The van der Waals surface area contributed by atoms with Crippen LogP contribution < -0.4 is 20.1 Å². The highest BCUT2D eigenvalue weighted by atomic mass is 16.7. The molecule has 2 aliphatic heterocycles. The Hall–Kier alpha value is -3.59. The second-order valence-electron chi connectivity index (χ2n) is 7.04. The van der Waals surface area contributed by atoms with Crippen LogP contribution in [-0.4, -0.2) is 51.0 Å². The monoisotopic (exact) mass is 425 g/mol. The smallest absolute Gasteiger partial charge is 0.337 e. The molecular weight excluding hydrogens is 402 g/mol. The first-order valence-corrected chi connectivity index (χ1v) is 9.95. The summed E-state index contributed by atoms with van der Waals surface area (Å²) in [7, 11) is 1.32. The van der Waals surface area contributed by atoms with E-state index in [0.29, 0.717) is 41.5 Å². The summed E-state index contributed by atoms with van der Waals surface area (Å²) in [6.45, 7) is 1.25. The van der Waals surface area contributed by atoms with E-state index in [4.69, 9.17) is 18.9 Å². The van der Waals surface area contributed by atoms with Gasteiger partial charge in [-0.1, -0.05) is 6.07 Å². The second-order valence-corrected chi connectivity index (χ2v) is 7.04. The van der Waals surface area contributed by atoms with E-state index in [9.17, 15) is 9.59 Å². The molecule has 0 aliphatic carbocycles. The molecule has 1 atom stereocenters. The molecular formula is C22H23N3O6. The minimum atomic E-state index is -0.453. The van der Waals surface area contributed by atoms with E-state index in [1.165, 1.54) is 7.11 Å². The van der Waals surface area contributed by atoms with Gasteiger partial charge in [-0.25, -0.2) is 9.79 Å². The molecule has 2 aromatic rings. The van der Waals surface area contributed by atoms with Gasteiger partial charge >= 0.3 is 5.97 Å². The van der Waals surface area contributed by atoms with Crippen LogP contribution in [0.1, 0.15) is 33.6 Å². The van der Waals surface area contributed by atoms with E-state index in [1.807, 2.05) is 0 Å². The number of guanidine groups is 1. The maximum Gasteiger partial charge on any atom is 0.337 e. The summed E-state index contributed by atoms with van der Waals surface area (Å²) in [4.78, 5) is 29.2. The van der Waals surface area contributed by atoms with Crippen molar-refractivity contribution in [2.75, 3.05) is 32.4 Å². The lowest BCUT2D eigenvalue weighted by molar-refractivity contribution is 0.0600. The Morgan fingerprint density at radius 1 is 1.13 bits per heavy atom. The standard InChI is InChI=1S/C22H23N3O6/c1-28-21(27)15-4-2-5-16(10-15)24-22(23-12-17-6-3-9-29-17)25-20(26)14-7-8-18-19(11-14)31-13-30-18/h2,4-5,7-8,10-11,17H,3,6,9,12-13H2,1H3,(H2,23,24,25,26)/t17-/m0/s1. The average molecular weight is 425 g/mol. The van der Waals surface area contributed by atoms with Crippen molar-refractivity contribution in [3.05, 3.63) is 53.6 Å². The largest absolute Gasteiger partial charge is 0.465 e. The normalized spacial score (nSPS) is 17.3. The van der Waals surface area contributed by atoms with Crippen molar-refractivity contribution in [2.24, 2.45) is 4.99 Å². The molecule has 1 fully saturated rings. The Morgan fingerprint density at radius 3 is 2.81 bits per heavy atom. The van der Waals surface area contributed by atoms with Crippen LogP contribution in [0.3, 0.4) is 0 Å². The predicted molar refractivity (Wildman–Crippen MR) is 113 cm³/mol. The first-order chi connectivity index (χ1) is 15.1. The third-order valence-corrected chi connectivity index (χ3v) is 4.89. The summed E-state index contributed by atoms with van der Waals surface area (Å²) < 4.78 is 21.0. The summed E-state index contributed by atoms with van der Waals surface area (Å²) in [5, 5.41) is 5.87. The van der Waals surface area contributed by atoms with E-state index in [0.717, 1.165) is 12.8 Å². The predicted octanol–water partition coefficient (Wildman–Crippen LogP) is 2.58. The van der Waals surface area contributed by atoms with E-state index >= 15 is 0 Å². The minimum Gasteiger partial charge on any atom is -0.465 e. The third kappa shape index (κ3) is 5.13. The number of methoxy groups -OCH3 is 1. The molecule has 2 heterocycles. The van der Waals surface area contributed by atoms with Gasteiger partial charge in [-0.2, -0.15) is 0 Å². The fraction of sp³-hybridized carbons (Fsp3) is 0.318. The number of benzene rings is 2. The maximum atomic E-state index is 12.8. The van der Waals surface area contributed by atoms with Gasteiger partial charge < -0.3 is 24.3 Å². The van der Waals surface area contributed by atoms with Gasteiger partial charge in [0.15, 0.2) is 11.5 Å². The molecule has 2 aliphatic rings. The molecule has 162 valence electrons. The molecule has 9 nitrogen and oxygen atoms in total. The average Bonchev–Trinajstić information content (AvgIpc) is 3.48. The van der Waals surface area contributed by atoms with Crippen LogP contribution in [0.2, 0.25) is 0 Å². The van der Waals surface area contributed by atoms with E-state index in [-0.39, 0.29) is 24.8 Å². The van der Waals surface area contributed by atoms with Crippen LogP contribution in [0.25, 0.3) is 0 Å². The van der Waals surface area contributed by atoms with Gasteiger partial charge in [-0.05, 0) is 49.2 Å². The lowest BCUT2D eigenvalue weighted by Crippen LogP contribution is -2.36. The molecule has 0 unspecified atom stereocenters. The number of nitrogens with zero attached hydrogens (tertiary/aromatic N) is 1. The molecule has 0 saturated carbocycles. The molecule has 31 heavy (non-hydrogen) atoms. The highest BCUT2D eigenvalue weighted by Gasteiger charge is 2.19. The van der Waals surface area contributed by atoms with Crippen LogP contribution in [-0.2, 0) is 9.47 Å². The Morgan fingerprint density at radius 2 is 2.00 bits per heavy atom. The molecule has 0 aromatic heterocycles.